The molecule has 3 rings (SSSR count). The molecule has 1 aromatic heterocycles. The third-order valence-corrected chi connectivity index (χ3v) is 5.37. The van der Waals surface area contributed by atoms with Crippen molar-refractivity contribution in [2.45, 2.75) is 24.3 Å². The molecule has 1 N–H and O–H groups in total. The van der Waals surface area contributed by atoms with E-state index < -0.39 is 0 Å². The summed E-state index contributed by atoms with van der Waals surface area (Å²) in [6.45, 7) is 2.23. The lowest BCUT2D eigenvalue weighted by atomic mass is 9.96. The Balaban J connectivity index is 1.73. The van der Waals surface area contributed by atoms with Crippen LogP contribution in [-0.4, -0.2) is 42.3 Å². The van der Waals surface area contributed by atoms with Crippen LogP contribution in [0, 0.1) is 5.92 Å². The van der Waals surface area contributed by atoms with Gasteiger partial charge in [0.15, 0.2) is 0 Å². The first-order valence-corrected chi connectivity index (χ1v) is 9.33. The lowest BCUT2D eigenvalue weighted by Crippen LogP contribution is -2.37. The molecule has 0 atom stereocenters. The van der Waals surface area contributed by atoms with Gasteiger partial charge in [0, 0.05) is 22.5 Å². The highest BCUT2D eigenvalue weighted by Gasteiger charge is 2.25. The second-order valence-corrected chi connectivity index (χ2v) is 7.03. The SMILES string of the molecule is COC(=O)C1CCN(Cc2cc3ccc(SC)cc3[nH]c2=O)CC1. The average molecular weight is 346 g/mol. The number of rotatable bonds is 4. The zero-order chi connectivity index (χ0) is 17.1. The summed E-state index contributed by atoms with van der Waals surface area (Å²) in [5.74, 6) is -0.131. The number of nitrogens with one attached hydrogen (secondary N) is 1. The van der Waals surface area contributed by atoms with Crippen LogP contribution < -0.4 is 5.56 Å². The van der Waals surface area contributed by atoms with Crippen molar-refractivity contribution in [3.63, 3.8) is 0 Å². The fraction of sp³-hybridized carbons (Fsp3) is 0.444. The molecule has 1 aliphatic rings. The number of pyridine rings is 1. The van der Waals surface area contributed by atoms with Gasteiger partial charge < -0.3 is 9.72 Å². The highest BCUT2D eigenvalue weighted by molar-refractivity contribution is 7.98. The Morgan fingerprint density at radius 2 is 2.08 bits per heavy atom. The minimum Gasteiger partial charge on any atom is -0.469 e. The molecular formula is C18H22N2O3S. The van der Waals surface area contributed by atoms with Crippen LogP contribution in [0.15, 0.2) is 34.0 Å². The van der Waals surface area contributed by atoms with Crippen molar-refractivity contribution in [2.75, 3.05) is 26.5 Å². The van der Waals surface area contributed by atoms with E-state index in [0.29, 0.717) is 6.54 Å². The second-order valence-electron chi connectivity index (χ2n) is 6.15. The number of aromatic amines is 1. The van der Waals surface area contributed by atoms with Gasteiger partial charge in [0.25, 0.3) is 5.56 Å². The maximum Gasteiger partial charge on any atom is 0.308 e. The Bertz CT molecular complexity index is 794. The predicted molar refractivity (Wildman–Crippen MR) is 96.4 cm³/mol. The van der Waals surface area contributed by atoms with Crippen molar-refractivity contribution in [1.82, 2.24) is 9.88 Å². The molecule has 2 aromatic rings. The monoisotopic (exact) mass is 346 g/mol. The van der Waals surface area contributed by atoms with Gasteiger partial charge in [0.1, 0.15) is 0 Å². The van der Waals surface area contributed by atoms with Crippen molar-refractivity contribution in [3.05, 3.63) is 40.2 Å². The maximum absolute atomic E-state index is 12.4. The third kappa shape index (κ3) is 3.65. The van der Waals surface area contributed by atoms with Crippen LogP contribution in [0.25, 0.3) is 10.9 Å². The van der Waals surface area contributed by atoms with E-state index in [0.717, 1.165) is 47.3 Å². The number of benzene rings is 1. The molecular weight excluding hydrogens is 324 g/mol. The molecule has 24 heavy (non-hydrogen) atoms. The standard InChI is InChI=1S/C18H22N2O3S/c1-23-18(22)12-5-7-20(8-6-12)11-14-9-13-3-4-15(24-2)10-16(13)19-17(14)21/h3-4,9-10,12H,5-8,11H2,1-2H3,(H,19,21). The molecule has 0 bridgehead atoms. The zero-order valence-corrected chi connectivity index (χ0v) is 14.8. The fourth-order valence-electron chi connectivity index (χ4n) is 3.20. The Kier molecular flexibility index (Phi) is 5.26. The number of aromatic nitrogens is 1. The first kappa shape index (κ1) is 17.0. The summed E-state index contributed by atoms with van der Waals surface area (Å²) in [6.07, 6.45) is 3.59. The predicted octanol–water partition coefficient (Wildman–Crippen LogP) is 2.64. The Hall–Kier alpha value is -1.79. The normalized spacial score (nSPS) is 16.4. The highest BCUT2D eigenvalue weighted by atomic mass is 32.2. The van der Waals surface area contributed by atoms with Crippen LogP contribution in [0.2, 0.25) is 0 Å². The lowest BCUT2D eigenvalue weighted by molar-refractivity contribution is -0.147. The number of H-pyrrole nitrogens is 1. The molecule has 0 unspecified atom stereocenters. The van der Waals surface area contributed by atoms with Gasteiger partial charge in [-0.15, -0.1) is 11.8 Å². The molecule has 0 amide bonds. The quantitative estimate of drug-likeness (QED) is 0.681. The number of ether oxygens (including phenoxy) is 1. The van der Waals surface area contributed by atoms with E-state index in [1.807, 2.05) is 24.5 Å². The Morgan fingerprint density at radius 3 is 2.75 bits per heavy atom. The van der Waals surface area contributed by atoms with Gasteiger partial charge in [-0.05, 0) is 55.8 Å². The van der Waals surface area contributed by atoms with E-state index >= 15 is 0 Å². The number of nitrogens with zero attached hydrogens (tertiary/aromatic N) is 1. The molecule has 2 heterocycles. The van der Waals surface area contributed by atoms with Gasteiger partial charge >= 0.3 is 5.97 Å². The largest absolute Gasteiger partial charge is 0.469 e. The number of methoxy groups -OCH3 is 1. The van der Waals surface area contributed by atoms with E-state index in [9.17, 15) is 9.59 Å². The van der Waals surface area contributed by atoms with Crippen LogP contribution in [0.5, 0.6) is 0 Å². The molecule has 1 aromatic carbocycles. The van der Waals surface area contributed by atoms with Gasteiger partial charge in [0.2, 0.25) is 0 Å². The van der Waals surface area contributed by atoms with Crippen molar-refractivity contribution in [1.29, 1.82) is 0 Å². The first-order chi connectivity index (χ1) is 11.6. The number of hydrogen-bond acceptors (Lipinski definition) is 5. The molecule has 5 nitrogen and oxygen atoms in total. The fourth-order valence-corrected chi connectivity index (χ4v) is 3.64. The molecule has 128 valence electrons. The Morgan fingerprint density at radius 1 is 1.33 bits per heavy atom. The molecule has 1 aliphatic heterocycles. The lowest BCUT2D eigenvalue weighted by Gasteiger charge is -2.30. The van der Waals surface area contributed by atoms with E-state index in [1.54, 1.807) is 11.8 Å². The number of hydrogen-bond donors (Lipinski definition) is 1. The topological polar surface area (TPSA) is 62.4 Å². The summed E-state index contributed by atoms with van der Waals surface area (Å²) in [6, 6.07) is 8.10. The molecule has 0 aliphatic carbocycles. The molecule has 0 radical (unpaired) electrons. The number of likely N-dealkylation sites (tertiary alicyclic amines) is 1. The highest BCUT2D eigenvalue weighted by Crippen LogP contribution is 2.22. The molecule has 1 saturated heterocycles. The maximum atomic E-state index is 12.4. The van der Waals surface area contributed by atoms with Crippen LogP contribution in [0.3, 0.4) is 0 Å². The summed E-state index contributed by atoms with van der Waals surface area (Å²) in [5, 5.41) is 1.05. The van der Waals surface area contributed by atoms with Gasteiger partial charge in [-0.1, -0.05) is 6.07 Å². The summed E-state index contributed by atoms with van der Waals surface area (Å²) in [4.78, 5) is 30.3. The third-order valence-electron chi connectivity index (χ3n) is 4.65. The van der Waals surface area contributed by atoms with Crippen molar-refractivity contribution in [2.24, 2.45) is 5.92 Å². The minimum atomic E-state index is -0.122. The molecule has 0 spiro atoms. The molecule has 6 heteroatoms. The van der Waals surface area contributed by atoms with Crippen molar-refractivity contribution >= 4 is 28.6 Å². The minimum absolute atomic E-state index is 0.00824. The van der Waals surface area contributed by atoms with Crippen LogP contribution >= 0.6 is 11.8 Å². The number of esters is 1. The van der Waals surface area contributed by atoms with Gasteiger partial charge in [-0.25, -0.2) is 0 Å². The van der Waals surface area contributed by atoms with Gasteiger partial charge in [-0.2, -0.15) is 0 Å². The van der Waals surface area contributed by atoms with Crippen LogP contribution in [0.1, 0.15) is 18.4 Å². The van der Waals surface area contributed by atoms with E-state index in [2.05, 4.69) is 16.0 Å². The number of piperidine rings is 1. The number of carbonyl (C=O) groups is 1. The number of carbonyl (C=O) groups excluding carboxylic acids is 1. The van der Waals surface area contributed by atoms with E-state index in [4.69, 9.17) is 4.74 Å². The van der Waals surface area contributed by atoms with Crippen LogP contribution in [0.4, 0.5) is 0 Å². The van der Waals surface area contributed by atoms with Gasteiger partial charge in [-0.3, -0.25) is 14.5 Å². The van der Waals surface area contributed by atoms with Gasteiger partial charge in [0.05, 0.1) is 13.0 Å². The Labute approximate surface area is 145 Å². The summed E-state index contributed by atoms with van der Waals surface area (Å²) in [7, 11) is 1.44. The number of fused-ring (bicyclic) bond motifs is 1. The van der Waals surface area contributed by atoms with Crippen molar-refractivity contribution < 1.29 is 9.53 Å². The number of thioether (sulfide) groups is 1. The van der Waals surface area contributed by atoms with E-state index in [1.165, 1.54) is 7.11 Å². The smallest absolute Gasteiger partial charge is 0.308 e. The van der Waals surface area contributed by atoms with E-state index in [-0.39, 0.29) is 17.4 Å². The van der Waals surface area contributed by atoms with Crippen molar-refractivity contribution in [3.8, 4) is 0 Å². The molecule has 0 saturated carbocycles. The molecule has 1 fully saturated rings. The average Bonchev–Trinajstić information content (AvgIpc) is 2.62. The van der Waals surface area contributed by atoms with Crippen LogP contribution in [-0.2, 0) is 16.1 Å². The summed E-state index contributed by atoms with van der Waals surface area (Å²) >= 11 is 1.66. The summed E-state index contributed by atoms with van der Waals surface area (Å²) in [5.41, 5.74) is 1.62. The first-order valence-electron chi connectivity index (χ1n) is 8.11. The zero-order valence-electron chi connectivity index (χ0n) is 14.0. The second kappa shape index (κ2) is 7.40. The summed E-state index contributed by atoms with van der Waals surface area (Å²) < 4.78 is 4.82.